The fraction of sp³-hybridized carbons (Fsp3) is 0.267. The van der Waals surface area contributed by atoms with Gasteiger partial charge in [-0.2, -0.15) is 13.2 Å². The average molecular weight is 472 g/mol. The Kier molecular flexibility index (Phi) is 6.01. The van der Waals surface area contributed by atoms with Gasteiger partial charge in [-0.3, -0.25) is 14.6 Å². The summed E-state index contributed by atoms with van der Waals surface area (Å²) >= 11 is 6.10. The molecule has 0 aliphatic carbocycles. The van der Waals surface area contributed by atoms with E-state index in [1.807, 2.05) is 0 Å². The predicted octanol–water partition coefficient (Wildman–Crippen LogP) is 2.46. The first-order valence-electron chi connectivity index (χ1n) is 7.50. The number of nitrogens with zero attached hydrogens (tertiary/aromatic N) is 1. The fourth-order valence-electron chi connectivity index (χ4n) is 1.92. The van der Waals surface area contributed by atoms with Crippen molar-refractivity contribution in [3.63, 3.8) is 0 Å². The zero-order valence-electron chi connectivity index (χ0n) is 14.7. The zero-order chi connectivity index (χ0) is 22.4. The summed E-state index contributed by atoms with van der Waals surface area (Å²) in [6.45, 7) is 2.29. The Morgan fingerprint density at radius 1 is 1.28 bits per heavy atom. The van der Waals surface area contributed by atoms with Gasteiger partial charge in [0.05, 0.1) is 15.5 Å². The van der Waals surface area contributed by atoms with Gasteiger partial charge < -0.3 is 16.2 Å². The van der Waals surface area contributed by atoms with Crippen molar-refractivity contribution in [2.45, 2.75) is 34.7 Å². The molecule has 0 saturated heterocycles. The van der Waals surface area contributed by atoms with Crippen molar-refractivity contribution in [2.75, 3.05) is 5.32 Å². The van der Waals surface area contributed by atoms with Crippen molar-refractivity contribution < 1.29 is 36.3 Å². The average Bonchev–Trinajstić information content (AvgIpc) is 2.98. The highest BCUT2D eigenvalue weighted by Crippen LogP contribution is 2.38. The number of sulfone groups is 1. The van der Waals surface area contributed by atoms with Crippen LogP contribution >= 0.6 is 22.9 Å². The van der Waals surface area contributed by atoms with Gasteiger partial charge in [0.25, 0.3) is 11.8 Å². The molecule has 4 N–H and O–H groups in total. The predicted molar refractivity (Wildman–Crippen MR) is 97.5 cm³/mol. The largest absolute Gasteiger partial charge is 0.433 e. The van der Waals surface area contributed by atoms with Crippen LogP contribution in [0.1, 0.15) is 29.9 Å². The molecule has 0 unspecified atom stereocenters. The molecule has 0 atom stereocenters. The quantitative estimate of drug-likeness (QED) is 0.612. The molecule has 0 aliphatic heterocycles. The van der Waals surface area contributed by atoms with Crippen molar-refractivity contribution in [2.24, 2.45) is 5.73 Å². The number of carbonyl (C=O) groups excluding carboxylic acids is 2. The summed E-state index contributed by atoms with van der Waals surface area (Å²) in [7, 11) is -4.63. The van der Waals surface area contributed by atoms with Crippen LogP contribution in [0.5, 0.6) is 0 Å². The Bertz CT molecular complexity index is 1090. The Morgan fingerprint density at radius 2 is 1.86 bits per heavy atom. The van der Waals surface area contributed by atoms with Gasteiger partial charge in [0.15, 0.2) is 0 Å². The maximum atomic E-state index is 12.9. The molecule has 2 aromatic heterocycles. The number of primary amides is 1. The molecule has 0 bridgehead atoms. The first kappa shape index (κ1) is 23.1. The molecule has 0 saturated carbocycles. The van der Waals surface area contributed by atoms with Crippen molar-refractivity contribution in [3.8, 4) is 0 Å². The number of nitrogens with one attached hydrogen (secondary N) is 1. The monoisotopic (exact) mass is 471 g/mol. The third-order valence-corrected chi connectivity index (χ3v) is 7.15. The van der Waals surface area contributed by atoms with E-state index in [9.17, 15) is 36.3 Å². The summed E-state index contributed by atoms with van der Waals surface area (Å²) in [6.07, 6.45) is -4.38. The molecule has 2 amide bonds. The van der Waals surface area contributed by atoms with Gasteiger partial charge in [0.2, 0.25) is 9.84 Å². The summed E-state index contributed by atoms with van der Waals surface area (Å²) in [4.78, 5) is 25.7. The Balaban J connectivity index is 2.61. The highest BCUT2D eigenvalue weighted by molar-refractivity contribution is 7.93. The van der Waals surface area contributed by atoms with E-state index in [0.29, 0.717) is 17.5 Å². The molecule has 29 heavy (non-hydrogen) atoms. The minimum Gasteiger partial charge on any atom is -0.381 e. The van der Waals surface area contributed by atoms with E-state index in [4.69, 9.17) is 17.3 Å². The smallest absolute Gasteiger partial charge is 0.381 e. The lowest BCUT2D eigenvalue weighted by Crippen LogP contribution is -2.36. The lowest BCUT2D eigenvalue weighted by molar-refractivity contribution is -0.141. The van der Waals surface area contributed by atoms with Crippen LogP contribution in [0, 0.1) is 0 Å². The summed E-state index contributed by atoms with van der Waals surface area (Å²) < 4.78 is 63.7. The topological polar surface area (TPSA) is 139 Å². The molecule has 8 nitrogen and oxygen atoms in total. The van der Waals surface area contributed by atoms with Crippen molar-refractivity contribution in [1.82, 2.24) is 4.98 Å². The number of alkyl halides is 3. The van der Waals surface area contributed by atoms with Crippen LogP contribution in [-0.2, 0) is 20.8 Å². The van der Waals surface area contributed by atoms with Crippen molar-refractivity contribution in [1.29, 1.82) is 0 Å². The summed E-state index contributed by atoms with van der Waals surface area (Å²) in [5.41, 5.74) is 1.42. The Morgan fingerprint density at radius 3 is 2.34 bits per heavy atom. The van der Waals surface area contributed by atoms with E-state index in [1.54, 1.807) is 0 Å². The molecule has 0 radical (unpaired) electrons. The van der Waals surface area contributed by atoms with Gasteiger partial charge in [0, 0.05) is 6.20 Å². The van der Waals surface area contributed by atoms with Crippen LogP contribution in [0.2, 0.25) is 5.02 Å². The maximum Gasteiger partial charge on any atom is 0.433 e. The highest BCUT2D eigenvalue weighted by atomic mass is 35.5. The number of carbonyl (C=O) groups is 2. The second-order valence-corrected chi connectivity index (χ2v) is 9.79. The summed E-state index contributed by atoms with van der Waals surface area (Å²) in [6, 6.07) is 1.06. The second-order valence-electron chi connectivity index (χ2n) is 6.19. The molecule has 0 aromatic carbocycles. The maximum absolute atomic E-state index is 12.9. The lowest BCUT2D eigenvalue weighted by Gasteiger charge is -2.16. The van der Waals surface area contributed by atoms with E-state index >= 15 is 0 Å². The highest BCUT2D eigenvalue weighted by Gasteiger charge is 2.36. The molecule has 2 aromatic rings. The summed E-state index contributed by atoms with van der Waals surface area (Å²) in [5, 5.41) is 11.0. The number of halogens is 4. The van der Waals surface area contributed by atoms with Crippen LogP contribution in [0.3, 0.4) is 0 Å². The van der Waals surface area contributed by atoms with Gasteiger partial charge in [-0.1, -0.05) is 11.6 Å². The standard InChI is InChI=1S/C15H13ClF3N3O5S2/c1-14(2,25)13(24)22-12-6(11(20)23)3-10(28-12)29(26,27)8-4-9(15(17,18)19)21-5-7(8)16/h3-5,25H,1-2H3,(H2,20,23)(H,22,24). The van der Waals surface area contributed by atoms with Crippen LogP contribution in [0.15, 0.2) is 27.4 Å². The molecule has 2 rings (SSSR count). The molecule has 0 spiro atoms. The van der Waals surface area contributed by atoms with Gasteiger partial charge in [-0.05, 0) is 26.0 Å². The van der Waals surface area contributed by atoms with E-state index in [-0.39, 0.29) is 11.1 Å². The van der Waals surface area contributed by atoms with Gasteiger partial charge >= 0.3 is 6.18 Å². The van der Waals surface area contributed by atoms with Crippen LogP contribution in [0.4, 0.5) is 18.2 Å². The fourth-order valence-corrected chi connectivity index (χ4v) is 5.15. The van der Waals surface area contributed by atoms with Crippen molar-refractivity contribution >= 4 is 49.6 Å². The van der Waals surface area contributed by atoms with Gasteiger partial charge in [-0.15, -0.1) is 11.3 Å². The minimum absolute atomic E-state index is 0.260. The SMILES string of the molecule is CC(C)(O)C(=O)Nc1sc(S(=O)(=O)c2cc(C(F)(F)F)ncc2Cl)cc1C(N)=O. The minimum atomic E-state index is -4.92. The van der Waals surface area contributed by atoms with Gasteiger partial charge in [-0.25, -0.2) is 8.42 Å². The molecular formula is C15H13ClF3N3O5S2. The normalized spacial score (nSPS) is 12.7. The molecule has 2 heterocycles. The molecule has 0 aliphatic rings. The van der Waals surface area contributed by atoms with Crippen molar-refractivity contribution in [3.05, 3.63) is 34.6 Å². The van der Waals surface area contributed by atoms with E-state index < -0.39 is 58.8 Å². The van der Waals surface area contributed by atoms with Gasteiger partial charge in [0.1, 0.15) is 20.5 Å². The third-order valence-electron chi connectivity index (χ3n) is 3.42. The number of aliphatic hydroxyl groups is 1. The number of rotatable bonds is 5. The Hall–Kier alpha value is -2.22. The number of pyridine rings is 1. The lowest BCUT2D eigenvalue weighted by atomic mass is 10.1. The number of aromatic nitrogens is 1. The molecule has 14 heteroatoms. The number of thiophene rings is 1. The first-order valence-corrected chi connectivity index (χ1v) is 10.2. The zero-order valence-corrected chi connectivity index (χ0v) is 17.1. The number of anilines is 1. The van der Waals surface area contributed by atoms with E-state index in [0.717, 1.165) is 19.9 Å². The molecule has 0 fully saturated rings. The van der Waals surface area contributed by atoms with Crippen LogP contribution in [0.25, 0.3) is 0 Å². The molecule has 158 valence electrons. The second kappa shape index (κ2) is 7.55. The Labute approximate surface area is 171 Å². The van der Waals surface area contributed by atoms with Crippen LogP contribution < -0.4 is 11.1 Å². The van der Waals surface area contributed by atoms with Crippen LogP contribution in [-0.4, -0.2) is 35.9 Å². The number of hydrogen-bond acceptors (Lipinski definition) is 7. The number of amides is 2. The van der Waals surface area contributed by atoms with E-state index in [2.05, 4.69) is 10.3 Å². The molecular weight excluding hydrogens is 459 g/mol. The first-order chi connectivity index (χ1) is 13.0. The number of nitrogens with two attached hydrogens (primary N) is 1. The third kappa shape index (κ3) is 4.86. The van der Waals surface area contributed by atoms with E-state index in [1.165, 1.54) is 0 Å². The summed E-state index contributed by atoms with van der Waals surface area (Å²) in [5.74, 6) is -2.07. The number of hydrogen-bond donors (Lipinski definition) is 3.